The molecule has 0 saturated heterocycles. The third-order valence-electron chi connectivity index (χ3n) is 5.05. The number of carbonyl (C=O) groups excluding carboxylic acids is 1. The maximum atomic E-state index is 13.1. The van der Waals surface area contributed by atoms with Crippen LogP contribution in [0, 0.1) is 0 Å². The lowest BCUT2D eigenvalue weighted by Gasteiger charge is -2.10. The molecule has 154 valence electrons. The van der Waals surface area contributed by atoms with Crippen LogP contribution in [-0.4, -0.2) is 22.6 Å². The quantitative estimate of drug-likeness (QED) is 0.342. The predicted octanol–water partition coefficient (Wildman–Crippen LogP) is 6.14. The normalized spacial score (nSPS) is 11.0. The molecular formula is C24H19N3O2S2. The second-order valence-corrected chi connectivity index (χ2v) is 8.80. The van der Waals surface area contributed by atoms with E-state index in [1.165, 1.54) is 11.3 Å². The molecule has 7 heteroatoms. The molecule has 0 aliphatic carbocycles. The van der Waals surface area contributed by atoms with E-state index in [4.69, 9.17) is 4.74 Å². The summed E-state index contributed by atoms with van der Waals surface area (Å²) >= 11 is 3.05. The van der Waals surface area contributed by atoms with E-state index >= 15 is 0 Å². The van der Waals surface area contributed by atoms with Crippen LogP contribution in [0.5, 0.6) is 5.75 Å². The third-order valence-corrected chi connectivity index (χ3v) is 6.66. The van der Waals surface area contributed by atoms with Crippen LogP contribution in [0.15, 0.2) is 77.5 Å². The zero-order valence-corrected chi connectivity index (χ0v) is 18.4. The summed E-state index contributed by atoms with van der Waals surface area (Å²) in [5.74, 6) is 0.640. The van der Waals surface area contributed by atoms with Crippen molar-refractivity contribution in [3.8, 4) is 17.0 Å². The van der Waals surface area contributed by atoms with E-state index in [1.807, 2.05) is 53.9 Å². The maximum absolute atomic E-state index is 13.1. The Bertz CT molecular complexity index is 1330. The molecule has 2 aromatic carbocycles. The zero-order valence-electron chi connectivity index (χ0n) is 16.7. The Morgan fingerprint density at radius 3 is 2.65 bits per heavy atom. The third kappa shape index (κ3) is 3.97. The minimum Gasteiger partial charge on any atom is -0.497 e. The van der Waals surface area contributed by atoms with Gasteiger partial charge >= 0.3 is 0 Å². The van der Waals surface area contributed by atoms with E-state index in [1.54, 1.807) is 18.4 Å². The summed E-state index contributed by atoms with van der Waals surface area (Å²) in [6, 6.07) is 21.9. The van der Waals surface area contributed by atoms with Gasteiger partial charge in [0.15, 0.2) is 5.13 Å². The average molecular weight is 446 g/mol. The lowest BCUT2D eigenvalue weighted by molar-refractivity contribution is 0.101. The zero-order chi connectivity index (χ0) is 21.2. The lowest BCUT2D eigenvalue weighted by atomic mass is 10.2. The first kappa shape index (κ1) is 19.5. The highest BCUT2D eigenvalue weighted by Gasteiger charge is 2.18. The fourth-order valence-corrected chi connectivity index (χ4v) is 5.03. The second-order valence-electron chi connectivity index (χ2n) is 6.99. The number of aromatic nitrogens is 2. The van der Waals surface area contributed by atoms with Crippen LogP contribution in [0.2, 0.25) is 0 Å². The largest absolute Gasteiger partial charge is 0.497 e. The van der Waals surface area contributed by atoms with Gasteiger partial charge in [0.1, 0.15) is 11.4 Å². The van der Waals surface area contributed by atoms with Crippen LogP contribution in [-0.2, 0) is 6.54 Å². The average Bonchev–Trinajstić information content (AvgIpc) is 3.52. The van der Waals surface area contributed by atoms with Crippen LogP contribution in [0.1, 0.15) is 16.1 Å². The van der Waals surface area contributed by atoms with Crippen molar-refractivity contribution in [3.63, 3.8) is 0 Å². The highest BCUT2D eigenvalue weighted by molar-refractivity contribution is 7.17. The van der Waals surface area contributed by atoms with Gasteiger partial charge in [0.05, 0.1) is 23.0 Å². The molecule has 0 saturated carbocycles. The molecule has 1 N–H and O–H groups in total. The minimum absolute atomic E-state index is 0.157. The Kier molecular flexibility index (Phi) is 5.28. The summed E-state index contributed by atoms with van der Waals surface area (Å²) in [5.41, 5.74) is 4.65. The van der Waals surface area contributed by atoms with Crippen molar-refractivity contribution in [3.05, 3.63) is 88.7 Å². The van der Waals surface area contributed by atoms with E-state index in [0.29, 0.717) is 17.4 Å². The monoisotopic (exact) mass is 445 g/mol. The van der Waals surface area contributed by atoms with Crippen molar-refractivity contribution in [2.24, 2.45) is 0 Å². The number of anilines is 1. The SMILES string of the molecule is COc1ccc(-c2csc(NC(=O)c3cc4sccc4n3Cc3ccccc3)n2)cc1. The molecule has 0 aliphatic rings. The van der Waals surface area contributed by atoms with Crippen molar-refractivity contribution >= 4 is 43.9 Å². The predicted molar refractivity (Wildman–Crippen MR) is 127 cm³/mol. The van der Waals surface area contributed by atoms with Gasteiger partial charge in [0.2, 0.25) is 0 Å². The molecule has 1 amide bonds. The van der Waals surface area contributed by atoms with Gasteiger partial charge in [-0.15, -0.1) is 22.7 Å². The Hall–Kier alpha value is -3.42. The summed E-state index contributed by atoms with van der Waals surface area (Å²) in [5, 5.41) is 7.55. The molecule has 0 unspecified atom stereocenters. The van der Waals surface area contributed by atoms with Crippen molar-refractivity contribution in [1.82, 2.24) is 9.55 Å². The van der Waals surface area contributed by atoms with Crippen LogP contribution < -0.4 is 10.1 Å². The fourth-order valence-electron chi connectivity index (χ4n) is 3.49. The smallest absolute Gasteiger partial charge is 0.274 e. The fraction of sp³-hybridized carbons (Fsp3) is 0.0833. The van der Waals surface area contributed by atoms with Crippen molar-refractivity contribution in [2.45, 2.75) is 6.54 Å². The van der Waals surface area contributed by atoms with Crippen molar-refractivity contribution < 1.29 is 9.53 Å². The van der Waals surface area contributed by atoms with Gasteiger partial charge in [-0.3, -0.25) is 10.1 Å². The van der Waals surface area contributed by atoms with Crippen LogP contribution in [0.25, 0.3) is 21.5 Å². The molecule has 0 bridgehead atoms. The van der Waals surface area contributed by atoms with Crippen LogP contribution >= 0.6 is 22.7 Å². The van der Waals surface area contributed by atoms with Gasteiger partial charge in [0.25, 0.3) is 5.91 Å². The molecular weight excluding hydrogens is 426 g/mol. The molecule has 5 nitrogen and oxygen atoms in total. The number of benzene rings is 2. The van der Waals surface area contributed by atoms with Crippen molar-refractivity contribution in [2.75, 3.05) is 12.4 Å². The molecule has 5 rings (SSSR count). The summed E-state index contributed by atoms with van der Waals surface area (Å²) in [6.45, 7) is 0.638. The van der Waals surface area contributed by atoms with E-state index in [2.05, 4.69) is 38.4 Å². The Balaban J connectivity index is 1.40. The molecule has 31 heavy (non-hydrogen) atoms. The molecule has 0 atom stereocenters. The Morgan fingerprint density at radius 1 is 1.06 bits per heavy atom. The van der Waals surface area contributed by atoms with Crippen LogP contribution in [0.3, 0.4) is 0 Å². The number of hydrogen-bond acceptors (Lipinski definition) is 5. The number of thiophene rings is 1. The summed E-state index contributed by atoms with van der Waals surface area (Å²) in [6.07, 6.45) is 0. The summed E-state index contributed by atoms with van der Waals surface area (Å²) in [4.78, 5) is 17.7. The first-order valence-electron chi connectivity index (χ1n) is 9.73. The Labute approximate surface area is 187 Å². The second kappa shape index (κ2) is 8.37. The van der Waals surface area contributed by atoms with Gasteiger partial charge < -0.3 is 9.30 Å². The standard InChI is InChI=1S/C24H19N3O2S2/c1-29-18-9-7-17(8-10-18)19-15-31-24(25-19)26-23(28)21-13-22-20(11-12-30-22)27(21)14-16-5-3-2-4-6-16/h2-13,15H,14H2,1H3,(H,25,26,28). The van der Waals surface area contributed by atoms with Gasteiger partial charge in [-0.2, -0.15) is 0 Å². The van der Waals surface area contributed by atoms with Crippen LogP contribution in [0.4, 0.5) is 5.13 Å². The number of thiazole rings is 1. The molecule has 0 aliphatic heterocycles. The lowest BCUT2D eigenvalue weighted by Crippen LogP contribution is -2.17. The number of nitrogens with zero attached hydrogens (tertiary/aromatic N) is 2. The van der Waals surface area contributed by atoms with Gasteiger partial charge in [-0.25, -0.2) is 4.98 Å². The summed E-state index contributed by atoms with van der Waals surface area (Å²) in [7, 11) is 1.64. The molecule has 0 spiro atoms. The summed E-state index contributed by atoms with van der Waals surface area (Å²) < 4.78 is 8.37. The highest BCUT2D eigenvalue weighted by atomic mass is 32.1. The topological polar surface area (TPSA) is 56.1 Å². The van der Waals surface area contributed by atoms with Gasteiger partial charge in [-0.1, -0.05) is 30.3 Å². The van der Waals surface area contributed by atoms with Gasteiger partial charge in [0, 0.05) is 17.5 Å². The van der Waals surface area contributed by atoms with Crippen molar-refractivity contribution in [1.29, 1.82) is 0 Å². The molecule has 3 heterocycles. The van der Waals surface area contributed by atoms with E-state index in [0.717, 1.165) is 32.8 Å². The van der Waals surface area contributed by atoms with E-state index < -0.39 is 0 Å². The Morgan fingerprint density at radius 2 is 1.87 bits per heavy atom. The number of fused-ring (bicyclic) bond motifs is 1. The first-order valence-corrected chi connectivity index (χ1v) is 11.5. The molecule has 5 aromatic rings. The van der Waals surface area contributed by atoms with E-state index in [9.17, 15) is 4.79 Å². The number of amides is 1. The van der Waals surface area contributed by atoms with Gasteiger partial charge in [-0.05, 0) is 47.3 Å². The number of carbonyl (C=O) groups is 1. The minimum atomic E-state index is -0.157. The van der Waals surface area contributed by atoms with E-state index in [-0.39, 0.29) is 5.91 Å². The number of methoxy groups -OCH3 is 1. The number of nitrogens with one attached hydrogen (secondary N) is 1. The molecule has 3 aromatic heterocycles. The molecule has 0 fully saturated rings. The number of hydrogen-bond donors (Lipinski definition) is 1. The first-order chi connectivity index (χ1) is 15.2. The number of ether oxygens (including phenoxy) is 1. The maximum Gasteiger partial charge on any atom is 0.274 e. The molecule has 0 radical (unpaired) electrons. The highest BCUT2D eigenvalue weighted by Crippen LogP contribution is 2.29. The number of rotatable bonds is 6.